The van der Waals surface area contributed by atoms with Gasteiger partial charge >= 0.3 is 0 Å². The maximum Gasteiger partial charge on any atom is 0.240 e. The summed E-state index contributed by atoms with van der Waals surface area (Å²) in [6, 6.07) is 8.88. The first-order valence-corrected chi connectivity index (χ1v) is 7.97. The van der Waals surface area contributed by atoms with Crippen molar-refractivity contribution >= 4 is 23.2 Å². The summed E-state index contributed by atoms with van der Waals surface area (Å²) in [4.78, 5) is 25.0. The molecular weight excluding hydrogens is 326 g/mol. The van der Waals surface area contributed by atoms with Crippen LogP contribution in [0.5, 0.6) is 0 Å². The monoisotopic (exact) mass is 344 g/mol. The summed E-state index contributed by atoms with van der Waals surface area (Å²) in [6.07, 6.45) is 0.678. The van der Waals surface area contributed by atoms with E-state index in [9.17, 15) is 18.4 Å². The molecule has 2 aromatic carbocycles. The number of para-hydroxylation sites is 1. The molecule has 0 aliphatic heterocycles. The molecule has 6 heteroatoms. The van der Waals surface area contributed by atoms with E-state index < -0.39 is 34.6 Å². The summed E-state index contributed by atoms with van der Waals surface area (Å²) in [5.41, 5.74) is 0.750. The van der Waals surface area contributed by atoms with Gasteiger partial charge in [-0.3, -0.25) is 9.59 Å². The SMILES string of the molecule is Cc1cc(C)cc(NC(=O)C2(C(=O)Nc3c(F)cccc3F)CC2)c1. The van der Waals surface area contributed by atoms with Crippen LogP contribution in [0.25, 0.3) is 0 Å². The van der Waals surface area contributed by atoms with Gasteiger partial charge in [-0.05, 0) is 62.1 Å². The molecule has 0 spiro atoms. The lowest BCUT2D eigenvalue weighted by Gasteiger charge is -2.16. The van der Waals surface area contributed by atoms with Crippen molar-refractivity contribution in [3.63, 3.8) is 0 Å². The van der Waals surface area contributed by atoms with Gasteiger partial charge < -0.3 is 10.6 Å². The number of hydrogen-bond donors (Lipinski definition) is 2. The zero-order valence-electron chi connectivity index (χ0n) is 14.0. The molecule has 25 heavy (non-hydrogen) atoms. The average molecular weight is 344 g/mol. The quantitative estimate of drug-likeness (QED) is 0.826. The number of nitrogens with one attached hydrogen (secondary N) is 2. The van der Waals surface area contributed by atoms with E-state index in [0.717, 1.165) is 23.3 Å². The standard InChI is InChI=1S/C19H18F2N2O2/c1-11-8-12(2)10-13(9-11)22-17(24)19(6-7-19)18(25)23-16-14(20)4-3-5-15(16)21/h3-5,8-10H,6-7H2,1-2H3,(H,22,24)(H,23,25). The highest BCUT2D eigenvalue weighted by atomic mass is 19.1. The van der Waals surface area contributed by atoms with Crippen molar-refractivity contribution in [2.75, 3.05) is 10.6 Å². The van der Waals surface area contributed by atoms with Gasteiger partial charge in [0, 0.05) is 5.69 Å². The van der Waals surface area contributed by atoms with Crippen molar-refractivity contribution in [2.45, 2.75) is 26.7 Å². The summed E-state index contributed by atoms with van der Waals surface area (Å²) in [7, 11) is 0. The van der Waals surface area contributed by atoms with Gasteiger partial charge in [-0.2, -0.15) is 0 Å². The Morgan fingerprint density at radius 3 is 1.96 bits per heavy atom. The van der Waals surface area contributed by atoms with Crippen LogP contribution in [0.4, 0.5) is 20.2 Å². The predicted octanol–water partition coefficient (Wildman–Crippen LogP) is 3.94. The number of halogens is 2. The Kier molecular flexibility index (Phi) is 4.29. The molecule has 1 fully saturated rings. The molecule has 0 bridgehead atoms. The maximum atomic E-state index is 13.7. The fourth-order valence-corrected chi connectivity index (χ4v) is 2.83. The van der Waals surface area contributed by atoms with Crippen LogP contribution in [0.2, 0.25) is 0 Å². The van der Waals surface area contributed by atoms with Gasteiger partial charge in [0.15, 0.2) is 0 Å². The Bertz CT molecular complexity index is 820. The minimum atomic E-state index is -1.29. The minimum Gasteiger partial charge on any atom is -0.325 e. The molecule has 0 heterocycles. The first-order valence-electron chi connectivity index (χ1n) is 7.97. The number of amides is 2. The molecule has 4 nitrogen and oxygen atoms in total. The number of carbonyl (C=O) groups is 2. The molecule has 1 saturated carbocycles. The van der Waals surface area contributed by atoms with Crippen molar-refractivity contribution in [1.82, 2.24) is 0 Å². The first kappa shape index (κ1) is 17.1. The largest absolute Gasteiger partial charge is 0.325 e. The molecule has 1 aliphatic carbocycles. The zero-order valence-corrected chi connectivity index (χ0v) is 14.0. The fraction of sp³-hybridized carbons (Fsp3) is 0.263. The van der Waals surface area contributed by atoms with Crippen LogP contribution in [0, 0.1) is 30.9 Å². The van der Waals surface area contributed by atoms with Gasteiger partial charge in [0.2, 0.25) is 11.8 Å². The van der Waals surface area contributed by atoms with Gasteiger partial charge in [0.1, 0.15) is 22.7 Å². The third-order valence-corrected chi connectivity index (χ3v) is 4.30. The fourth-order valence-electron chi connectivity index (χ4n) is 2.83. The van der Waals surface area contributed by atoms with Crippen LogP contribution in [0.3, 0.4) is 0 Å². The molecular formula is C19H18F2N2O2. The summed E-state index contributed by atoms with van der Waals surface area (Å²) in [5.74, 6) is -2.91. The third kappa shape index (κ3) is 3.38. The van der Waals surface area contributed by atoms with Crippen molar-refractivity contribution in [2.24, 2.45) is 5.41 Å². The molecule has 0 atom stereocenters. The molecule has 0 radical (unpaired) electrons. The number of anilines is 2. The molecule has 0 aromatic heterocycles. The van der Waals surface area contributed by atoms with Crippen LogP contribution in [0.1, 0.15) is 24.0 Å². The minimum absolute atomic E-state index is 0.339. The Hall–Kier alpha value is -2.76. The van der Waals surface area contributed by atoms with Crippen LogP contribution in [-0.4, -0.2) is 11.8 Å². The second kappa shape index (κ2) is 6.27. The summed E-state index contributed by atoms with van der Waals surface area (Å²) in [5, 5.41) is 4.96. The Labute approximate surface area is 144 Å². The van der Waals surface area contributed by atoms with Crippen molar-refractivity contribution in [3.8, 4) is 0 Å². The molecule has 2 aromatic rings. The summed E-state index contributed by atoms with van der Waals surface area (Å²) < 4.78 is 27.4. The van der Waals surface area contributed by atoms with E-state index >= 15 is 0 Å². The second-order valence-electron chi connectivity index (χ2n) is 6.46. The van der Waals surface area contributed by atoms with Gasteiger partial charge in [-0.15, -0.1) is 0 Å². The molecule has 3 rings (SSSR count). The molecule has 2 N–H and O–H groups in total. The van der Waals surface area contributed by atoms with Crippen molar-refractivity contribution in [3.05, 3.63) is 59.2 Å². The lowest BCUT2D eigenvalue weighted by molar-refractivity contribution is -0.131. The van der Waals surface area contributed by atoms with Crippen LogP contribution in [-0.2, 0) is 9.59 Å². The number of aryl methyl sites for hydroxylation is 2. The van der Waals surface area contributed by atoms with Gasteiger partial charge in [-0.1, -0.05) is 12.1 Å². The van der Waals surface area contributed by atoms with E-state index in [4.69, 9.17) is 0 Å². The summed E-state index contributed by atoms with van der Waals surface area (Å²) >= 11 is 0. The normalized spacial score (nSPS) is 14.7. The van der Waals surface area contributed by atoms with Gasteiger partial charge in [-0.25, -0.2) is 8.78 Å². The number of benzene rings is 2. The first-order chi connectivity index (χ1) is 11.8. The number of rotatable bonds is 4. The van der Waals surface area contributed by atoms with Crippen molar-refractivity contribution in [1.29, 1.82) is 0 Å². The molecule has 130 valence electrons. The average Bonchev–Trinajstić information content (AvgIpc) is 3.31. The highest BCUT2D eigenvalue weighted by molar-refractivity contribution is 6.17. The van der Waals surface area contributed by atoms with E-state index in [1.54, 1.807) is 12.1 Å². The third-order valence-electron chi connectivity index (χ3n) is 4.30. The maximum absolute atomic E-state index is 13.7. The highest BCUT2D eigenvalue weighted by Crippen LogP contribution is 2.47. The van der Waals surface area contributed by atoms with Crippen LogP contribution < -0.4 is 10.6 Å². The topological polar surface area (TPSA) is 58.2 Å². The summed E-state index contributed by atoms with van der Waals surface area (Å²) in [6.45, 7) is 3.81. The zero-order chi connectivity index (χ0) is 18.2. The van der Waals surface area contributed by atoms with Crippen LogP contribution in [0.15, 0.2) is 36.4 Å². The Morgan fingerprint density at radius 1 is 0.920 bits per heavy atom. The van der Waals surface area contributed by atoms with Gasteiger partial charge in [0.25, 0.3) is 0 Å². The molecule has 1 aliphatic rings. The van der Waals surface area contributed by atoms with Crippen LogP contribution >= 0.6 is 0 Å². The smallest absolute Gasteiger partial charge is 0.240 e. The molecule has 2 amide bonds. The highest BCUT2D eigenvalue weighted by Gasteiger charge is 2.56. The molecule has 0 saturated heterocycles. The second-order valence-corrected chi connectivity index (χ2v) is 6.46. The van der Waals surface area contributed by atoms with E-state index in [-0.39, 0.29) is 0 Å². The predicted molar refractivity (Wildman–Crippen MR) is 91.2 cm³/mol. The number of hydrogen-bond acceptors (Lipinski definition) is 2. The lowest BCUT2D eigenvalue weighted by Crippen LogP contribution is -2.36. The van der Waals surface area contributed by atoms with E-state index in [1.807, 2.05) is 19.9 Å². The Morgan fingerprint density at radius 2 is 1.44 bits per heavy atom. The van der Waals surface area contributed by atoms with E-state index in [0.29, 0.717) is 18.5 Å². The van der Waals surface area contributed by atoms with Crippen molar-refractivity contribution < 1.29 is 18.4 Å². The van der Waals surface area contributed by atoms with E-state index in [1.165, 1.54) is 6.07 Å². The molecule has 0 unspecified atom stereocenters. The number of carbonyl (C=O) groups excluding carboxylic acids is 2. The van der Waals surface area contributed by atoms with Gasteiger partial charge in [0.05, 0.1) is 0 Å². The lowest BCUT2D eigenvalue weighted by atomic mass is 10.0. The van der Waals surface area contributed by atoms with E-state index in [2.05, 4.69) is 10.6 Å². The Balaban J connectivity index is 1.77.